The summed E-state index contributed by atoms with van der Waals surface area (Å²) in [6.45, 7) is 3.86. The second-order valence-corrected chi connectivity index (χ2v) is 5.66. The van der Waals surface area contributed by atoms with E-state index in [2.05, 4.69) is 30.9 Å². The molecule has 0 aliphatic rings. The Morgan fingerprint density at radius 2 is 2.00 bits per heavy atom. The quantitative estimate of drug-likeness (QED) is 0.362. The second-order valence-electron chi connectivity index (χ2n) is 5.66. The van der Waals surface area contributed by atoms with Crippen molar-refractivity contribution in [2.75, 3.05) is 30.3 Å². The van der Waals surface area contributed by atoms with Gasteiger partial charge >= 0.3 is 0 Å². The molecule has 0 aliphatic heterocycles. The van der Waals surface area contributed by atoms with Crippen LogP contribution in [0.2, 0.25) is 0 Å². The number of rotatable bonds is 11. The average molecular weight is 355 g/mol. The van der Waals surface area contributed by atoms with Crippen LogP contribution in [0.1, 0.15) is 35.7 Å². The van der Waals surface area contributed by atoms with Crippen molar-refractivity contribution in [3.63, 3.8) is 0 Å². The molecule has 1 amide bonds. The van der Waals surface area contributed by atoms with Crippen molar-refractivity contribution in [2.45, 2.75) is 26.2 Å². The van der Waals surface area contributed by atoms with Crippen LogP contribution in [0.5, 0.6) is 0 Å². The first-order chi connectivity index (χ1) is 12.7. The minimum atomic E-state index is -0.242. The van der Waals surface area contributed by atoms with Crippen molar-refractivity contribution < 1.29 is 4.79 Å². The summed E-state index contributed by atoms with van der Waals surface area (Å²) in [7, 11) is 0. The van der Waals surface area contributed by atoms with Crippen LogP contribution in [0.15, 0.2) is 30.7 Å². The molecule has 0 radical (unpaired) electrons. The molecule has 2 heterocycles. The zero-order valence-electron chi connectivity index (χ0n) is 15.0. The molecule has 138 valence electrons. The van der Waals surface area contributed by atoms with E-state index in [0.717, 1.165) is 12.8 Å². The number of nitrogens with zero attached hydrogens (tertiary/aromatic N) is 3. The Labute approximate surface area is 153 Å². The molecule has 2 aromatic rings. The lowest BCUT2D eigenvalue weighted by Gasteiger charge is -2.12. The molecule has 0 bridgehead atoms. The summed E-state index contributed by atoms with van der Waals surface area (Å²) >= 11 is 0. The molecule has 0 unspecified atom stereocenters. The SMILES string of the molecule is CCCNc1nc(NCCc2ccncc2)ncc1C(=O)NCCC=N. The summed E-state index contributed by atoms with van der Waals surface area (Å²) in [4.78, 5) is 25.0. The highest BCUT2D eigenvalue weighted by Gasteiger charge is 2.14. The molecule has 0 aliphatic carbocycles. The highest BCUT2D eigenvalue weighted by atomic mass is 16.1. The standard InChI is InChI=1S/C18H25N7O/c1-2-8-21-16-15(17(26)22-9-3-7-19)13-24-18(25-16)23-12-6-14-4-10-20-11-5-14/h4-5,7,10-11,13,19H,2-3,6,8-9,12H2,1H3,(H,22,26)(H2,21,23,24,25). The molecule has 2 rings (SSSR count). The highest BCUT2D eigenvalue weighted by Crippen LogP contribution is 2.14. The molecular formula is C18H25N7O. The highest BCUT2D eigenvalue weighted by molar-refractivity contribution is 5.98. The Balaban J connectivity index is 2.01. The molecular weight excluding hydrogens is 330 g/mol. The first-order valence-corrected chi connectivity index (χ1v) is 8.75. The molecule has 26 heavy (non-hydrogen) atoms. The van der Waals surface area contributed by atoms with Gasteiger partial charge in [0.05, 0.1) is 0 Å². The summed E-state index contributed by atoms with van der Waals surface area (Å²) in [6.07, 6.45) is 8.58. The van der Waals surface area contributed by atoms with E-state index in [0.29, 0.717) is 43.4 Å². The summed E-state index contributed by atoms with van der Waals surface area (Å²) in [6, 6.07) is 3.94. The number of aromatic nitrogens is 3. The van der Waals surface area contributed by atoms with Gasteiger partial charge in [-0.2, -0.15) is 4.98 Å². The van der Waals surface area contributed by atoms with Crippen LogP contribution in [-0.2, 0) is 6.42 Å². The summed E-state index contributed by atoms with van der Waals surface area (Å²) in [5, 5.41) is 16.1. The number of carbonyl (C=O) groups excluding carboxylic acids is 1. The minimum absolute atomic E-state index is 0.242. The maximum Gasteiger partial charge on any atom is 0.256 e. The molecule has 8 heteroatoms. The summed E-state index contributed by atoms with van der Waals surface area (Å²) in [5.74, 6) is 0.753. The van der Waals surface area contributed by atoms with Crippen molar-refractivity contribution in [1.29, 1.82) is 5.41 Å². The average Bonchev–Trinajstić information content (AvgIpc) is 2.67. The predicted molar refractivity (Wildman–Crippen MR) is 103 cm³/mol. The van der Waals surface area contributed by atoms with Crippen molar-refractivity contribution in [3.8, 4) is 0 Å². The smallest absolute Gasteiger partial charge is 0.256 e. The molecule has 0 spiro atoms. The van der Waals surface area contributed by atoms with E-state index < -0.39 is 0 Å². The summed E-state index contributed by atoms with van der Waals surface area (Å²) < 4.78 is 0. The van der Waals surface area contributed by atoms with Crippen molar-refractivity contribution in [1.82, 2.24) is 20.3 Å². The van der Waals surface area contributed by atoms with Crippen molar-refractivity contribution in [3.05, 3.63) is 41.9 Å². The fraction of sp³-hybridized carbons (Fsp3) is 0.389. The van der Waals surface area contributed by atoms with E-state index in [-0.39, 0.29) is 5.91 Å². The number of hydrogen-bond donors (Lipinski definition) is 4. The van der Waals surface area contributed by atoms with Crippen LogP contribution in [0.25, 0.3) is 0 Å². The van der Waals surface area contributed by atoms with Crippen LogP contribution in [0.4, 0.5) is 11.8 Å². The van der Waals surface area contributed by atoms with Gasteiger partial charge in [-0.15, -0.1) is 0 Å². The lowest BCUT2D eigenvalue weighted by Crippen LogP contribution is -2.26. The zero-order valence-corrected chi connectivity index (χ0v) is 15.0. The fourth-order valence-corrected chi connectivity index (χ4v) is 2.23. The van der Waals surface area contributed by atoms with Gasteiger partial charge in [0, 0.05) is 38.2 Å². The molecule has 0 fully saturated rings. The summed E-state index contributed by atoms with van der Waals surface area (Å²) in [5.41, 5.74) is 1.59. The molecule has 0 atom stereocenters. The van der Waals surface area contributed by atoms with Crippen LogP contribution < -0.4 is 16.0 Å². The third-order valence-corrected chi connectivity index (χ3v) is 3.60. The van der Waals surface area contributed by atoms with Crippen LogP contribution in [-0.4, -0.2) is 46.7 Å². The maximum atomic E-state index is 12.3. The van der Waals surface area contributed by atoms with Gasteiger partial charge in [0.15, 0.2) is 0 Å². The molecule has 0 saturated carbocycles. The Kier molecular flexibility index (Phi) is 7.98. The first kappa shape index (κ1) is 19.3. The number of anilines is 2. The van der Waals surface area contributed by atoms with Gasteiger partial charge < -0.3 is 21.4 Å². The normalized spacial score (nSPS) is 10.2. The minimum Gasteiger partial charge on any atom is -0.369 e. The number of nitrogens with one attached hydrogen (secondary N) is 4. The molecule has 8 nitrogen and oxygen atoms in total. The van der Waals surface area contributed by atoms with E-state index in [1.54, 1.807) is 12.4 Å². The molecule has 2 aromatic heterocycles. The first-order valence-electron chi connectivity index (χ1n) is 8.75. The monoisotopic (exact) mass is 355 g/mol. The second kappa shape index (κ2) is 10.8. The lowest BCUT2D eigenvalue weighted by molar-refractivity contribution is 0.0955. The molecule has 0 aromatic carbocycles. The Morgan fingerprint density at radius 3 is 2.73 bits per heavy atom. The van der Waals surface area contributed by atoms with E-state index >= 15 is 0 Å². The number of hydrogen-bond acceptors (Lipinski definition) is 7. The Bertz CT molecular complexity index is 706. The van der Waals surface area contributed by atoms with Gasteiger partial charge in [0.2, 0.25) is 5.95 Å². The zero-order chi connectivity index (χ0) is 18.6. The van der Waals surface area contributed by atoms with Crippen molar-refractivity contribution >= 4 is 23.9 Å². The number of carbonyl (C=O) groups is 1. The topological polar surface area (TPSA) is 116 Å². The number of pyridine rings is 1. The van der Waals surface area contributed by atoms with Gasteiger partial charge in [0.25, 0.3) is 5.91 Å². The van der Waals surface area contributed by atoms with E-state index in [4.69, 9.17) is 5.41 Å². The van der Waals surface area contributed by atoms with Gasteiger partial charge in [0.1, 0.15) is 11.4 Å². The largest absolute Gasteiger partial charge is 0.369 e. The van der Waals surface area contributed by atoms with E-state index in [1.807, 2.05) is 19.1 Å². The number of amides is 1. The maximum absolute atomic E-state index is 12.3. The van der Waals surface area contributed by atoms with E-state index in [1.165, 1.54) is 18.0 Å². The van der Waals surface area contributed by atoms with E-state index in [9.17, 15) is 4.79 Å². The van der Waals surface area contributed by atoms with Gasteiger partial charge in [-0.05, 0) is 43.2 Å². The molecule has 0 saturated heterocycles. The lowest BCUT2D eigenvalue weighted by atomic mass is 10.2. The van der Waals surface area contributed by atoms with Crippen LogP contribution in [0.3, 0.4) is 0 Å². The molecule has 4 N–H and O–H groups in total. The fourth-order valence-electron chi connectivity index (χ4n) is 2.23. The van der Waals surface area contributed by atoms with Gasteiger partial charge in [-0.25, -0.2) is 4.98 Å². The third kappa shape index (κ3) is 6.12. The predicted octanol–water partition coefficient (Wildman–Crippen LogP) is 2.12. The van der Waals surface area contributed by atoms with Crippen LogP contribution in [0, 0.1) is 5.41 Å². The van der Waals surface area contributed by atoms with Gasteiger partial charge in [-0.3, -0.25) is 9.78 Å². The van der Waals surface area contributed by atoms with Crippen molar-refractivity contribution in [2.24, 2.45) is 0 Å². The Hall–Kier alpha value is -3.03. The van der Waals surface area contributed by atoms with Gasteiger partial charge in [-0.1, -0.05) is 6.92 Å². The Morgan fingerprint density at radius 1 is 1.19 bits per heavy atom. The third-order valence-electron chi connectivity index (χ3n) is 3.60. The van der Waals surface area contributed by atoms with Crippen LogP contribution >= 0.6 is 0 Å².